The van der Waals surface area contributed by atoms with Crippen molar-refractivity contribution in [3.05, 3.63) is 36.0 Å². The molecule has 120 valence electrons. The third-order valence-corrected chi connectivity index (χ3v) is 9.33. The maximum atomic E-state index is 6.53. The lowest BCUT2D eigenvalue weighted by Gasteiger charge is -2.38. The summed E-state index contributed by atoms with van der Waals surface area (Å²) in [5, 5.41) is 0.267. The summed E-state index contributed by atoms with van der Waals surface area (Å²) in [6.07, 6.45) is 13.0. The van der Waals surface area contributed by atoms with E-state index in [2.05, 4.69) is 59.5 Å². The number of hydrogen-bond donors (Lipinski definition) is 0. The van der Waals surface area contributed by atoms with Crippen molar-refractivity contribution in [1.29, 1.82) is 0 Å². The molecule has 0 aliphatic heterocycles. The Morgan fingerprint density at radius 3 is 2.52 bits per heavy atom. The van der Waals surface area contributed by atoms with Gasteiger partial charge in [-0.1, -0.05) is 59.3 Å². The van der Waals surface area contributed by atoms with Crippen LogP contribution in [0.1, 0.15) is 59.8 Å². The first-order valence-electron chi connectivity index (χ1n) is 8.42. The van der Waals surface area contributed by atoms with E-state index in [1.165, 1.54) is 36.8 Å². The van der Waals surface area contributed by atoms with Crippen molar-refractivity contribution in [3.8, 4) is 0 Å². The zero-order valence-corrected chi connectivity index (χ0v) is 16.0. The number of unbranched alkanes of at least 4 members (excludes halogenated alkanes) is 3. The van der Waals surface area contributed by atoms with Gasteiger partial charge in [-0.05, 0) is 48.2 Å². The van der Waals surface area contributed by atoms with Gasteiger partial charge < -0.3 is 4.43 Å². The second-order valence-corrected chi connectivity index (χ2v) is 12.4. The Morgan fingerprint density at radius 1 is 1.33 bits per heavy atom. The Bertz CT molecular complexity index is 410. The molecule has 0 bridgehead atoms. The highest BCUT2D eigenvalue weighted by atomic mass is 28.4. The molecule has 1 atom stereocenters. The zero-order valence-electron chi connectivity index (χ0n) is 15.0. The first-order chi connectivity index (χ1) is 9.71. The van der Waals surface area contributed by atoms with Gasteiger partial charge in [0.2, 0.25) is 0 Å². The molecule has 0 fully saturated rings. The Morgan fingerprint density at radius 2 is 2.00 bits per heavy atom. The number of rotatable bonds is 7. The second kappa shape index (κ2) is 7.60. The molecule has 0 radical (unpaired) electrons. The average Bonchev–Trinajstić information content (AvgIpc) is 2.74. The van der Waals surface area contributed by atoms with Gasteiger partial charge in [-0.25, -0.2) is 0 Å². The van der Waals surface area contributed by atoms with E-state index in [9.17, 15) is 0 Å². The van der Waals surface area contributed by atoms with Crippen LogP contribution in [-0.2, 0) is 4.43 Å². The molecule has 0 aromatic heterocycles. The molecule has 0 amide bonds. The average molecular weight is 307 g/mol. The molecule has 0 saturated carbocycles. The molecule has 1 nitrogen and oxygen atoms in total. The third-order valence-electron chi connectivity index (χ3n) is 4.83. The van der Waals surface area contributed by atoms with E-state index in [1.54, 1.807) is 0 Å². The lowest BCUT2D eigenvalue weighted by atomic mass is 10.1. The Labute approximate surface area is 133 Å². The maximum Gasteiger partial charge on any atom is 0.192 e. The van der Waals surface area contributed by atoms with Gasteiger partial charge in [0.25, 0.3) is 0 Å². The summed E-state index contributed by atoms with van der Waals surface area (Å²) in [5.74, 6) is 0. The van der Waals surface area contributed by atoms with Crippen LogP contribution in [0.25, 0.3) is 0 Å². The highest BCUT2D eigenvalue weighted by Crippen LogP contribution is 2.40. The van der Waals surface area contributed by atoms with Crippen LogP contribution >= 0.6 is 0 Å². The van der Waals surface area contributed by atoms with E-state index >= 15 is 0 Å². The van der Waals surface area contributed by atoms with Crippen molar-refractivity contribution in [3.63, 3.8) is 0 Å². The molecule has 0 aromatic rings. The Kier molecular flexibility index (Phi) is 6.67. The SMILES string of the molecule is C=CC1=CC(O[Si](C)(C)C(C)(C)C)C/C1=C\CCCCC. The summed E-state index contributed by atoms with van der Waals surface area (Å²) in [6, 6.07) is 0. The lowest BCUT2D eigenvalue weighted by Crippen LogP contribution is -2.43. The summed E-state index contributed by atoms with van der Waals surface area (Å²) in [7, 11) is -1.69. The quantitative estimate of drug-likeness (QED) is 0.390. The Balaban J connectivity index is 2.69. The third kappa shape index (κ3) is 5.26. The molecule has 2 heteroatoms. The molecule has 1 unspecified atom stereocenters. The fourth-order valence-electron chi connectivity index (χ4n) is 2.40. The van der Waals surface area contributed by atoms with Gasteiger partial charge in [-0.3, -0.25) is 0 Å². The van der Waals surface area contributed by atoms with Gasteiger partial charge >= 0.3 is 0 Å². The number of allylic oxidation sites excluding steroid dienone is 3. The molecule has 0 N–H and O–H groups in total. The summed E-state index contributed by atoms with van der Waals surface area (Å²) in [4.78, 5) is 0. The first-order valence-corrected chi connectivity index (χ1v) is 11.3. The van der Waals surface area contributed by atoms with E-state index < -0.39 is 8.32 Å². The lowest BCUT2D eigenvalue weighted by molar-refractivity contribution is 0.231. The normalized spacial score (nSPS) is 21.7. The smallest absolute Gasteiger partial charge is 0.192 e. The van der Waals surface area contributed by atoms with Crippen LogP contribution in [0.2, 0.25) is 18.1 Å². The van der Waals surface area contributed by atoms with E-state index in [4.69, 9.17) is 4.43 Å². The predicted molar refractivity (Wildman–Crippen MR) is 97.2 cm³/mol. The summed E-state index contributed by atoms with van der Waals surface area (Å²) in [5.41, 5.74) is 2.72. The van der Waals surface area contributed by atoms with E-state index in [0.717, 1.165) is 6.42 Å². The minimum atomic E-state index is -1.69. The summed E-state index contributed by atoms with van der Waals surface area (Å²) < 4.78 is 6.53. The van der Waals surface area contributed by atoms with Crippen LogP contribution in [0, 0.1) is 0 Å². The zero-order chi connectivity index (χ0) is 16.1. The van der Waals surface area contributed by atoms with Gasteiger partial charge in [-0.15, -0.1) is 0 Å². The van der Waals surface area contributed by atoms with Crippen LogP contribution < -0.4 is 0 Å². The highest BCUT2D eigenvalue weighted by molar-refractivity contribution is 6.74. The summed E-state index contributed by atoms with van der Waals surface area (Å²) in [6.45, 7) is 17.8. The molecule has 0 saturated heterocycles. The van der Waals surface area contributed by atoms with Crippen LogP contribution in [0.4, 0.5) is 0 Å². The molecule has 0 heterocycles. The molecule has 0 aromatic carbocycles. The van der Waals surface area contributed by atoms with Crippen molar-refractivity contribution >= 4 is 8.32 Å². The van der Waals surface area contributed by atoms with Crippen molar-refractivity contribution in [2.24, 2.45) is 0 Å². The van der Waals surface area contributed by atoms with Crippen LogP contribution in [0.3, 0.4) is 0 Å². The Hall–Kier alpha value is -0.603. The first kappa shape index (κ1) is 18.4. The van der Waals surface area contributed by atoms with Gasteiger partial charge in [0, 0.05) is 6.42 Å². The molecular weight excluding hydrogens is 272 g/mol. The molecule has 1 aliphatic rings. The predicted octanol–water partition coefficient (Wildman–Crippen LogP) is 6.40. The minimum Gasteiger partial charge on any atom is -0.410 e. The fraction of sp³-hybridized carbons (Fsp3) is 0.684. The van der Waals surface area contributed by atoms with E-state index in [1.807, 2.05) is 6.08 Å². The fourth-order valence-corrected chi connectivity index (χ4v) is 3.66. The van der Waals surface area contributed by atoms with Crippen LogP contribution in [-0.4, -0.2) is 14.4 Å². The van der Waals surface area contributed by atoms with Crippen molar-refractivity contribution in [2.75, 3.05) is 0 Å². The number of hydrogen-bond acceptors (Lipinski definition) is 1. The van der Waals surface area contributed by atoms with Crippen molar-refractivity contribution < 1.29 is 4.43 Å². The standard InChI is InChI=1S/C19H34OSi/c1-8-10-11-12-13-17-15-18(14-16(17)9-2)20-21(6,7)19(3,4)5/h9,13-14,18H,2,8,10-12,15H2,1,3-7H3/b17-13+. The summed E-state index contributed by atoms with van der Waals surface area (Å²) >= 11 is 0. The topological polar surface area (TPSA) is 9.23 Å². The van der Waals surface area contributed by atoms with Gasteiger partial charge in [0.1, 0.15) is 0 Å². The van der Waals surface area contributed by atoms with E-state index in [-0.39, 0.29) is 11.1 Å². The van der Waals surface area contributed by atoms with Crippen molar-refractivity contribution in [1.82, 2.24) is 0 Å². The van der Waals surface area contributed by atoms with Gasteiger partial charge in [0.05, 0.1) is 6.10 Å². The van der Waals surface area contributed by atoms with Crippen LogP contribution in [0.5, 0.6) is 0 Å². The minimum absolute atomic E-state index is 0.247. The van der Waals surface area contributed by atoms with Gasteiger partial charge in [0.15, 0.2) is 8.32 Å². The maximum absolute atomic E-state index is 6.53. The monoisotopic (exact) mass is 306 g/mol. The van der Waals surface area contributed by atoms with Crippen LogP contribution in [0.15, 0.2) is 36.0 Å². The van der Waals surface area contributed by atoms with E-state index in [0.29, 0.717) is 0 Å². The van der Waals surface area contributed by atoms with Crippen molar-refractivity contribution in [2.45, 2.75) is 84.0 Å². The molecule has 21 heavy (non-hydrogen) atoms. The molecule has 1 aliphatic carbocycles. The molecule has 1 rings (SSSR count). The second-order valence-electron chi connectivity index (χ2n) is 7.67. The molecule has 0 spiro atoms. The highest BCUT2D eigenvalue weighted by Gasteiger charge is 2.39. The largest absolute Gasteiger partial charge is 0.410 e. The molecular formula is C19H34OSi. The van der Waals surface area contributed by atoms with Gasteiger partial charge in [-0.2, -0.15) is 0 Å².